The highest BCUT2D eigenvalue weighted by Crippen LogP contribution is 2.43. The van der Waals surface area contributed by atoms with E-state index in [4.69, 9.17) is 18.5 Å². The van der Waals surface area contributed by atoms with Crippen molar-refractivity contribution in [2.45, 2.75) is 238 Å². The molecule has 10 heteroatoms. The molecule has 0 bridgehead atoms. The van der Waals surface area contributed by atoms with Crippen LogP contribution in [0.25, 0.3) is 0 Å². The molecule has 0 aliphatic heterocycles. The zero-order chi connectivity index (χ0) is 51.3. The highest BCUT2D eigenvalue weighted by molar-refractivity contribution is 7.47. The van der Waals surface area contributed by atoms with Crippen molar-refractivity contribution in [3.8, 4) is 0 Å². The van der Waals surface area contributed by atoms with E-state index < -0.39 is 26.5 Å². The van der Waals surface area contributed by atoms with Gasteiger partial charge in [-0.2, -0.15) is 0 Å². The summed E-state index contributed by atoms with van der Waals surface area (Å²) >= 11 is 0. The van der Waals surface area contributed by atoms with Crippen molar-refractivity contribution >= 4 is 19.8 Å². The fourth-order valence-electron chi connectivity index (χ4n) is 7.54. The maximum atomic E-state index is 12.7. The van der Waals surface area contributed by atoms with Crippen LogP contribution in [0.2, 0.25) is 0 Å². The van der Waals surface area contributed by atoms with Gasteiger partial charge in [-0.05, 0) is 89.9 Å². The number of phosphoric acid groups is 1. The summed E-state index contributed by atoms with van der Waals surface area (Å²) in [6.45, 7) is 4.26. The molecular weight excluding hydrogens is 894 g/mol. The Bertz CT molecular complexity index is 1460. The molecule has 0 amide bonds. The summed E-state index contributed by atoms with van der Waals surface area (Å²) in [4.78, 5) is 35.6. The largest absolute Gasteiger partial charge is 0.472 e. The van der Waals surface area contributed by atoms with E-state index in [1.807, 2.05) is 21.1 Å². The number of ether oxygens (including phenoxy) is 2. The molecule has 0 saturated heterocycles. The average molecular weight is 1000 g/mol. The molecular formula is C60H107NO8P+. The number of phosphoric ester groups is 1. The quantitative estimate of drug-likeness (QED) is 0.0211. The second-order valence-corrected chi connectivity index (χ2v) is 21.4. The van der Waals surface area contributed by atoms with Gasteiger partial charge in [0, 0.05) is 12.8 Å². The first kappa shape index (κ1) is 67.2. The van der Waals surface area contributed by atoms with Crippen LogP contribution in [0.4, 0.5) is 0 Å². The maximum Gasteiger partial charge on any atom is 0.472 e. The average Bonchev–Trinajstić information content (AvgIpc) is 3.32. The third kappa shape index (κ3) is 54.5. The molecule has 0 fully saturated rings. The number of unbranched alkanes of at least 4 members (excludes halogenated alkanes) is 23. The van der Waals surface area contributed by atoms with Crippen LogP contribution in [-0.4, -0.2) is 74.9 Å². The number of hydrogen-bond acceptors (Lipinski definition) is 7. The Labute approximate surface area is 431 Å². The Morgan fingerprint density at radius 1 is 0.457 bits per heavy atom. The first-order valence-corrected chi connectivity index (χ1v) is 29.8. The molecule has 0 spiro atoms. The van der Waals surface area contributed by atoms with Crippen LogP contribution in [0.1, 0.15) is 232 Å². The molecule has 0 aliphatic rings. The van der Waals surface area contributed by atoms with Crippen LogP contribution < -0.4 is 0 Å². The van der Waals surface area contributed by atoms with Gasteiger partial charge in [0.25, 0.3) is 0 Å². The minimum Gasteiger partial charge on any atom is -0.462 e. The van der Waals surface area contributed by atoms with Crippen molar-refractivity contribution in [3.05, 3.63) is 85.1 Å². The van der Waals surface area contributed by atoms with E-state index >= 15 is 0 Å². The van der Waals surface area contributed by atoms with Crippen molar-refractivity contribution in [1.29, 1.82) is 0 Å². The van der Waals surface area contributed by atoms with E-state index in [9.17, 15) is 19.0 Å². The summed E-state index contributed by atoms with van der Waals surface area (Å²) in [5.41, 5.74) is 0. The number of quaternary nitrogens is 1. The maximum absolute atomic E-state index is 12.7. The highest BCUT2D eigenvalue weighted by Gasteiger charge is 2.27. The van der Waals surface area contributed by atoms with E-state index in [1.165, 1.54) is 128 Å². The number of carbonyl (C=O) groups excluding carboxylic acids is 2. The van der Waals surface area contributed by atoms with Crippen LogP contribution in [0, 0.1) is 0 Å². The summed E-state index contributed by atoms with van der Waals surface area (Å²) in [5, 5.41) is 0. The van der Waals surface area contributed by atoms with Gasteiger partial charge in [0.2, 0.25) is 0 Å². The van der Waals surface area contributed by atoms with E-state index in [-0.39, 0.29) is 32.0 Å². The van der Waals surface area contributed by atoms with Gasteiger partial charge in [-0.15, -0.1) is 0 Å². The fourth-order valence-corrected chi connectivity index (χ4v) is 8.28. The van der Waals surface area contributed by atoms with Crippen molar-refractivity contribution < 1.29 is 42.1 Å². The molecule has 2 atom stereocenters. The lowest BCUT2D eigenvalue weighted by molar-refractivity contribution is -0.870. The Hall–Kier alpha value is -2.81. The molecule has 70 heavy (non-hydrogen) atoms. The molecule has 0 saturated carbocycles. The van der Waals surface area contributed by atoms with Crippen LogP contribution in [-0.2, 0) is 32.7 Å². The van der Waals surface area contributed by atoms with Crippen molar-refractivity contribution in [3.63, 3.8) is 0 Å². The van der Waals surface area contributed by atoms with Crippen LogP contribution in [0.5, 0.6) is 0 Å². The summed E-state index contributed by atoms with van der Waals surface area (Å²) in [6, 6.07) is 0. The molecule has 0 heterocycles. The van der Waals surface area contributed by atoms with Gasteiger partial charge >= 0.3 is 19.8 Å². The Balaban J connectivity index is 4.10. The van der Waals surface area contributed by atoms with Gasteiger partial charge in [-0.3, -0.25) is 18.6 Å². The molecule has 0 radical (unpaired) electrons. The molecule has 2 unspecified atom stereocenters. The fraction of sp³-hybridized carbons (Fsp3) is 0.733. The first-order chi connectivity index (χ1) is 34.0. The van der Waals surface area contributed by atoms with E-state index in [0.29, 0.717) is 17.4 Å². The molecule has 0 aliphatic carbocycles. The topological polar surface area (TPSA) is 108 Å². The van der Waals surface area contributed by atoms with Crippen LogP contribution in [0.15, 0.2) is 85.1 Å². The van der Waals surface area contributed by atoms with E-state index in [0.717, 1.165) is 70.6 Å². The molecule has 1 N–H and O–H groups in total. The van der Waals surface area contributed by atoms with E-state index in [1.54, 1.807) is 0 Å². The molecule has 9 nitrogen and oxygen atoms in total. The predicted octanol–water partition coefficient (Wildman–Crippen LogP) is 17.5. The molecule has 0 aromatic heterocycles. The number of hydrogen-bond donors (Lipinski definition) is 1. The van der Waals surface area contributed by atoms with Gasteiger partial charge in [0.05, 0.1) is 27.7 Å². The number of rotatable bonds is 51. The lowest BCUT2D eigenvalue weighted by atomic mass is 10.0. The second kappa shape index (κ2) is 51.1. The highest BCUT2D eigenvalue weighted by atomic mass is 31.2. The van der Waals surface area contributed by atoms with Crippen molar-refractivity contribution in [2.75, 3.05) is 47.5 Å². The van der Waals surface area contributed by atoms with Crippen molar-refractivity contribution in [2.24, 2.45) is 0 Å². The van der Waals surface area contributed by atoms with Gasteiger partial charge in [0.1, 0.15) is 19.8 Å². The number of carbonyl (C=O) groups is 2. The van der Waals surface area contributed by atoms with E-state index in [2.05, 4.69) is 98.9 Å². The molecule has 0 aromatic carbocycles. The summed E-state index contributed by atoms with van der Waals surface area (Å²) in [6.07, 6.45) is 68.1. The minimum atomic E-state index is -4.40. The molecule has 0 aromatic rings. The number of likely N-dealkylation sites (N-methyl/N-ethyl adjacent to an activating group) is 1. The summed E-state index contributed by atoms with van der Waals surface area (Å²) in [7, 11) is 1.44. The van der Waals surface area contributed by atoms with Crippen LogP contribution >= 0.6 is 7.82 Å². The third-order valence-electron chi connectivity index (χ3n) is 11.9. The zero-order valence-electron chi connectivity index (χ0n) is 45.7. The van der Waals surface area contributed by atoms with Crippen LogP contribution in [0.3, 0.4) is 0 Å². The summed E-state index contributed by atoms with van der Waals surface area (Å²) < 4.78 is 34.4. The van der Waals surface area contributed by atoms with Gasteiger partial charge < -0.3 is 18.9 Å². The Morgan fingerprint density at radius 3 is 1.24 bits per heavy atom. The van der Waals surface area contributed by atoms with Gasteiger partial charge in [-0.1, -0.05) is 214 Å². The molecule has 404 valence electrons. The van der Waals surface area contributed by atoms with Gasteiger partial charge in [0.15, 0.2) is 6.10 Å². The lowest BCUT2D eigenvalue weighted by Crippen LogP contribution is -2.37. The first-order valence-electron chi connectivity index (χ1n) is 28.3. The number of esters is 2. The minimum absolute atomic E-state index is 0.0204. The third-order valence-corrected chi connectivity index (χ3v) is 12.9. The standard InChI is InChI=1S/C60H106NO8P/c1-6-8-10-12-14-16-18-20-22-23-24-25-26-27-28-29-30-31-32-33-34-35-36-37-39-40-42-44-46-48-50-52-59(62)66-56-58(57-68-70(64,65)67-55-54-61(3,4)5)69-60(63)53-51-49-47-45-43-41-38-21-19-17-15-13-11-9-7-2/h9,11,15,17-18,20-21,23-24,26-27,38,43,45,58H,6-8,10,12-14,16,19,22,25,28-37,39-42,44,46-57H2,1-5H3/p+1/b11-9-,17-15-,20-18-,24-23-,27-26-,38-21-,45-43-. The lowest BCUT2D eigenvalue weighted by Gasteiger charge is -2.24. The summed E-state index contributed by atoms with van der Waals surface area (Å²) in [5.74, 6) is -0.847. The Kier molecular flexibility index (Phi) is 49.1. The van der Waals surface area contributed by atoms with Gasteiger partial charge in [-0.25, -0.2) is 4.57 Å². The SMILES string of the molecule is CC/C=C\C/C=C\C/C=C\C/C=C\CCCCC(=O)OC(COC(=O)CCCCCCCCCCCCCCCCCC/C=C\C/C=C\C/C=C\CCCCCCC)COP(=O)(O)OCC[N+](C)(C)C. The second-order valence-electron chi connectivity index (χ2n) is 19.9. The smallest absolute Gasteiger partial charge is 0.462 e. The normalized spacial score (nSPS) is 14.0. The van der Waals surface area contributed by atoms with Crippen molar-refractivity contribution in [1.82, 2.24) is 0 Å². The molecule has 0 rings (SSSR count). The zero-order valence-corrected chi connectivity index (χ0v) is 46.6. The number of allylic oxidation sites excluding steroid dienone is 14. The predicted molar refractivity (Wildman–Crippen MR) is 298 cm³/mol. The monoisotopic (exact) mass is 1000 g/mol. The number of nitrogens with zero attached hydrogens (tertiary/aromatic N) is 1. The Morgan fingerprint density at radius 2 is 0.814 bits per heavy atom.